The van der Waals surface area contributed by atoms with E-state index in [-0.39, 0.29) is 11.6 Å². The highest BCUT2D eigenvalue weighted by Crippen LogP contribution is 2.07. The molecule has 1 rings (SSSR count). The Kier molecular flexibility index (Phi) is 2.69. The Morgan fingerprint density at radius 1 is 1.67 bits per heavy atom. The first-order chi connectivity index (χ1) is 5.64. The van der Waals surface area contributed by atoms with Gasteiger partial charge in [-0.25, -0.2) is 5.10 Å². The van der Waals surface area contributed by atoms with E-state index in [0.717, 1.165) is 0 Å². The van der Waals surface area contributed by atoms with Crippen LogP contribution in [0.25, 0.3) is 0 Å². The molecule has 0 fully saturated rings. The largest absolute Gasteiger partial charge is 0.362 e. The summed E-state index contributed by atoms with van der Waals surface area (Å²) < 4.78 is 26.7. The zero-order chi connectivity index (χ0) is 9.03. The van der Waals surface area contributed by atoms with Gasteiger partial charge < -0.3 is 4.18 Å². The highest BCUT2D eigenvalue weighted by atomic mass is 32.2. The van der Waals surface area contributed by atoms with Crippen molar-refractivity contribution in [3.05, 3.63) is 12.3 Å². The molecule has 1 N–H and O–H groups in total. The second-order valence-electron chi connectivity index (χ2n) is 2.27. The number of nitrogens with one attached hydrogen (secondary N) is 1. The average molecular weight is 190 g/mol. The lowest BCUT2D eigenvalue weighted by molar-refractivity contribution is 0.474. The van der Waals surface area contributed by atoms with Crippen LogP contribution in [0.1, 0.15) is 13.3 Å². The van der Waals surface area contributed by atoms with Crippen LogP contribution in [0, 0.1) is 0 Å². The first-order valence-electron chi connectivity index (χ1n) is 3.55. The number of aromatic nitrogens is 2. The molecule has 0 aliphatic rings. The monoisotopic (exact) mass is 190 g/mol. The maximum Gasteiger partial charge on any atom is 0.310 e. The van der Waals surface area contributed by atoms with E-state index in [2.05, 4.69) is 14.4 Å². The second-order valence-corrected chi connectivity index (χ2v) is 3.96. The fourth-order valence-electron chi connectivity index (χ4n) is 0.718. The zero-order valence-corrected chi connectivity index (χ0v) is 7.47. The summed E-state index contributed by atoms with van der Waals surface area (Å²) in [5.74, 6) is 0.176. The van der Waals surface area contributed by atoms with Crippen molar-refractivity contribution in [3.8, 4) is 5.88 Å². The van der Waals surface area contributed by atoms with Gasteiger partial charge in [0.1, 0.15) is 0 Å². The van der Waals surface area contributed by atoms with E-state index >= 15 is 0 Å². The highest BCUT2D eigenvalue weighted by molar-refractivity contribution is 7.87. The van der Waals surface area contributed by atoms with E-state index in [4.69, 9.17) is 0 Å². The van der Waals surface area contributed by atoms with Crippen molar-refractivity contribution in [2.45, 2.75) is 13.3 Å². The van der Waals surface area contributed by atoms with Crippen molar-refractivity contribution in [2.75, 3.05) is 5.75 Å². The van der Waals surface area contributed by atoms with Crippen LogP contribution < -0.4 is 4.18 Å². The second kappa shape index (κ2) is 3.57. The van der Waals surface area contributed by atoms with Crippen molar-refractivity contribution in [1.82, 2.24) is 10.2 Å². The normalized spacial score (nSPS) is 11.4. The third-order valence-corrected chi connectivity index (χ3v) is 2.49. The summed E-state index contributed by atoms with van der Waals surface area (Å²) in [5.41, 5.74) is 0. The highest BCUT2D eigenvalue weighted by Gasteiger charge is 2.11. The van der Waals surface area contributed by atoms with Crippen LogP contribution in [0.5, 0.6) is 5.88 Å². The van der Waals surface area contributed by atoms with E-state index < -0.39 is 10.1 Å². The molecule has 1 aromatic heterocycles. The lowest BCUT2D eigenvalue weighted by Crippen LogP contribution is -2.13. The Morgan fingerprint density at radius 2 is 2.42 bits per heavy atom. The molecule has 0 saturated carbocycles. The number of H-pyrrole nitrogens is 1. The molecule has 68 valence electrons. The van der Waals surface area contributed by atoms with Gasteiger partial charge >= 0.3 is 10.1 Å². The molecule has 1 heterocycles. The number of aromatic amines is 1. The van der Waals surface area contributed by atoms with E-state index in [1.807, 2.05) is 0 Å². The third-order valence-electron chi connectivity index (χ3n) is 1.15. The third kappa shape index (κ3) is 2.54. The summed E-state index contributed by atoms with van der Waals surface area (Å²) in [7, 11) is -3.43. The maximum absolute atomic E-state index is 11.0. The molecule has 0 atom stereocenters. The standard InChI is InChI=1S/C6H10N2O3S/c1-2-5-12(9,10)11-6-3-4-7-8-6/h3-4H,2,5H2,1H3,(H,7,8). The lowest BCUT2D eigenvalue weighted by atomic mass is 10.6. The summed E-state index contributed by atoms with van der Waals surface area (Å²) in [6.07, 6.45) is 1.97. The van der Waals surface area contributed by atoms with Crippen molar-refractivity contribution < 1.29 is 12.6 Å². The van der Waals surface area contributed by atoms with Crippen molar-refractivity contribution in [1.29, 1.82) is 0 Å². The molecule has 0 aliphatic heterocycles. The van der Waals surface area contributed by atoms with Crippen molar-refractivity contribution >= 4 is 10.1 Å². The van der Waals surface area contributed by atoms with Crippen LogP contribution in [0.3, 0.4) is 0 Å². The maximum atomic E-state index is 11.0. The van der Waals surface area contributed by atoms with E-state index in [1.165, 1.54) is 12.3 Å². The molecule has 5 nitrogen and oxygen atoms in total. The lowest BCUT2D eigenvalue weighted by Gasteiger charge is -2.01. The predicted molar refractivity (Wildman–Crippen MR) is 43.3 cm³/mol. The minimum atomic E-state index is -3.43. The molecule has 0 spiro atoms. The smallest absolute Gasteiger partial charge is 0.310 e. The van der Waals surface area contributed by atoms with Gasteiger partial charge in [-0.3, -0.25) is 0 Å². The molecule has 0 radical (unpaired) electrons. The number of hydrogen-bond acceptors (Lipinski definition) is 4. The minimum absolute atomic E-state index is 0.0199. The van der Waals surface area contributed by atoms with Crippen molar-refractivity contribution in [3.63, 3.8) is 0 Å². The van der Waals surface area contributed by atoms with E-state index in [1.54, 1.807) is 6.92 Å². The van der Waals surface area contributed by atoms with Crippen LogP contribution >= 0.6 is 0 Å². The Bertz CT molecular complexity index is 317. The number of nitrogens with zero attached hydrogens (tertiary/aromatic N) is 1. The van der Waals surface area contributed by atoms with Gasteiger partial charge in [0.15, 0.2) is 0 Å². The molecular weight excluding hydrogens is 180 g/mol. The molecule has 0 amide bonds. The minimum Gasteiger partial charge on any atom is -0.362 e. The van der Waals surface area contributed by atoms with E-state index in [9.17, 15) is 8.42 Å². The Morgan fingerprint density at radius 3 is 2.92 bits per heavy atom. The van der Waals surface area contributed by atoms with Crippen LogP contribution in [0.4, 0.5) is 0 Å². The SMILES string of the molecule is CCCS(=O)(=O)Oc1ccn[nH]1. The van der Waals surface area contributed by atoms with Gasteiger partial charge in [0.05, 0.1) is 11.9 Å². The van der Waals surface area contributed by atoms with Gasteiger partial charge in [-0.15, -0.1) is 0 Å². The van der Waals surface area contributed by atoms with E-state index in [0.29, 0.717) is 6.42 Å². The summed E-state index contributed by atoms with van der Waals surface area (Å²) in [4.78, 5) is 0. The first-order valence-corrected chi connectivity index (χ1v) is 5.13. The van der Waals surface area contributed by atoms with Gasteiger partial charge in [0, 0.05) is 6.07 Å². The van der Waals surface area contributed by atoms with Gasteiger partial charge in [0.2, 0.25) is 5.88 Å². The first kappa shape index (κ1) is 9.05. The van der Waals surface area contributed by atoms with Gasteiger partial charge in [-0.2, -0.15) is 13.5 Å². The van der Waals surface area contributed by atoms with Gasteiger partial charge in [-0.1, -0.05) is 6.92 Å². The van der Waals surface area contributed by atoms with Crippen molar-refractivity contribution in [2.24, 2.45) is 0 Å². The average Bonchev–Trinajstić information content (AvgIpc) is 2.38. The van der Waals surface area contributed by atoms with Crippen LogP contribution in [0.2, 0.25) is 0 Å². The summed E-state index contributed by atoms with van der Waals surface area (Å²) in [5, 5.41) is 5.95. The molecule has 1 aromatic rings. The molecule has 12 heavy (non-hydrogen) atoms. The van der Waals surface area contributed by atoms with Crippen LogP contribution in [0.15, 0.2) is 12.3 Å². The molecule has 0 bridgehead atoms. The van der Waals surface area contributed by atoms with Crippen LogP contribution in [-0.2, 0) is 10.1 Å². The van der Waals surface area contributed by atoms with Crippen LogP contribution in [-0.4, -0.2) is 24.4 Å². The summed E-state index contributed by atoms with van der Waals surface area (Å²) >= 11 is 0. The molecule has 0 unspecified atom stereocenters. The number of rotatable bonds is 4. The summed E-state index contributed by atoms with van der Waals surface area (Å²) in [6, 6.07) is 1.45. The van der Waals surface area contributed by atoms with Gasteiger partial charge in [0.25, 0.3) is 0 Å². The zero-order valence-electron chi connectivity index (χ0n) is 6.65. The molecule has 0 aromatic carbocycles. The topological polar surface area (TPSA) is 72.1 Å². The van der Waals surface area contributed by atoms with Gasteiger partial charge in [-0.05, 0) is 6.42 Å². The molecular formula is C6H10N2O3S. The predicted octanol–water partition coefficient (Wildman–Crippen LogP) is 0.528. The number of hydrogen-bond donors (Lipinski definition) is 1. The molecule has 0 saturated heterocycles. The Balaban J connectivity index is 2.63. The fraction of sp³-hybridized carbons (Fsp3) is 0.500. The summed E-state index contributed by atoms with van der Waals surface area (Å²) in [6.45, 7) is 1.77. The molecule has 6 heteroatoms. The molecule has 0 aliphatic carbocycles. The quantitative estimate of drug-likeness (QED) is 0.703. The Labute approximate surface area is 70.9 Å². The fourth-order valence-corrected chi connectivity index (χ4v) is 1.67. The Hall–Kier alpha value is -1.04.